The lowest BCUT2D eigenvalue weighted by Crippen LogP contribution is -2.32. The Morgan fingerprint density at radius 1 is 1.26 bits per heavy atom. The molecule has 19 heavy (non-hydrogen) atoms. The number of hydrogen-bond acceptors (Lipinski definition) is 2. The number of rotatable bonds is 3. The van der Waals surface area contributed by atoms with Gasteiger partial charge >= 0.3 is 0 Å². The quantitative estimate of drug-likeness (QED) is 0.878. The number of fused-ring (bicyclic) bond motifs is 1. The summed E-state index contributed by atoms with van der Waals surface area (Å²) in [6, 6.07) is 9.54. The van der Waals surface area contributed by atoms with Crippen LogP contribution in [0.4, 0.5) is 0 Å². The summed E-state index contributed by atoms with van der Waals surface area (Å²) in [6.45, 7) is 3.63. The van der Waals surface area contributed by atoms with Crippen molar-refractivity contribution in [1.29, 1.82) is 0 Å². The van der Waals surface area contributed by atoms with Gasteiger partial charge in [0.1, 0.15) is 0 Å². The van der Waals surface area contributed by atoms with E-state index in [1.54, 1.807) is 5.56 Å². The van der Waals surface area contributed by atoms with E-state index in [9.17, 15) is 0 Å². The van der Waals surface area contributed by atoms with E-state index in [1.165, 1.54) is 49.3 Å². The minimum absolute atomic E-state index is 0.576. The van der Waals surface area contributed by atoms with Crippen molar-refractivity contribution in [1.82, 2.24) is 5.32 Å². The molecule has 0 radical (unpaired) electrons. The Morgan fingerprint density at radius 3 is 3.05 bits per heavy atom. The lowest BCUT2D eigenvalue weighted by Gasteiger charge is -2.31. The second kappa shape index (κ2) is 6.32. The van der Waals surface area contributed by atoms with Crippen LogP contribution in [0.5, 0.6) is 0 Å². The summed E-state index contributed by atoms with van der Waals surface area (Å²) in [5, 5.41) is 3.85. The average Bonchev–Trinajstić information content (AvgIpc) is 2.45. The molecule has 3 rings (SSSR count). The van der Waals surface area contributed by atoms with Gasteiger partial charge in [-0.05, 0) is 42.3 Å². The van der Waals surface area contributed by atoms with Gasteiger partial charge in [0.25, 0.3) is 0 Å². The summed E-state index contributed by atoms with van der Waals surface area (Å²) in [5.74, 6) is 4.27. The van der Waals surface area contributed by atoms with Crippen LogP contribution in [-0.2, 0) is 5.75 Å². The van der Waals surface area contributed by atoms with Gasteiger partial charge in [0.05, 0.1) is 0 Å². The van der Waals surface area contributed by atoms with E-state index in [4.69, 9.17) is 0 Å². The van der Waals surface area contributed by atoms with Crippen LogP contribution in [0.3, 0.4) is 0 Å². The Labute approximate surface area is 121 Å². The van der Waals surface area contributed by atoms with Gasteiger partial charge in [-0.25, -0.2) is 0 Å². The standard InChI is InChI=1S/C17H25NS/c1-13-5-4-6-14(9-13)10-18-17-12-19-11-15-7-2-3-8-16(15)17/h2-3,7-8,13-14,17-18H,4-6,9-12H2,1H3. The van der Waals surface area contributed by atoms with Gasteiger partial charge in [0.2, 0.25) is 0 Å². The Hall–Kier alpha value is -0.470. The van der Waals surface area contributed by atoms with E-state index in [1.807, 2.05) is 0 Å². The van der Waals surface area contributed by atoms with Gasteiger partial charge in [-0.3, -0.25) is 0 Å². The van der Waals surface area contributed by atoms with E-state index >= 15 is 0 Å². The maximum atomic E-state index is 3.85. The van der Waals surface area contributed by atoms with Gasteiger partial charge in [0.15, 0.2) is 0 Å². The van der Waals surface area contributed by atoms with Crippen LogP contribution >= 0.6 is 11.8 Å². The molecule has 1 aliphatic heterocycles. The summed E-state index contributed by atoms with van der Waals surface area (Å²) >= 11 is 2.07. The van der Waals surface area contributed by atoms with Crippen molar-refractivity contribution in [3.8, 4) is 0 Å². The zero-order valence-corrected chi connectivity index (χ0v) is 12.7. The van der Waals surface area contributed by atoms with Crippen LogP contribution in [0.1, 0.15) is 49.8 Å². The molecule has 0 aromatic heterocycles. The third-order valence-corrected chi connectivity index (χ3v) is 5.75. The van der Waals surface area contributed by atoms with E-state index in [-0.39, 0.29) is 0 Å². The number of benzene rings is 1. The molecule has 3 atom stereocenters. The lowest BCUT2D eigenvalue weighted by atomic mass is 9.82. The van der Waals surface area contributed by atoms with Crippen molar-refractivity contribution in [2.75, 3.05) is 12.3 Å². The smallest absolute Gasteiger partial charge is 0.0415 e. The van der Waals surface area contributed by atoms with E-state index < -0.39 is 0 Å². The van der Waals surface area contributed by atoms with Crippen molar-refractivity contribution < 1.29 is 0 Å². The van der Waals surface area contributed by atoms with Gasteiger partial charge in [-0.1, -0.05) is 44.0 Å². The highest BCUT2D eigenvalue weighted by atomic mass is 32.2. The Bertz CT molecular complexity index is 417. The van der Waals surface area contributed by atoms with E-state index in [0.29, 0.717) is 6.04 Å². The molecule has 1 aliphatic carbocycles. The molecule has 2 aliphatic rings. The van der Waals surface area contributed by atoms with Gasteiger partial charge in [-0.15, -0.1) is 0 Å². The number of thioether (sulfide) groups is 1. The highest BCUT2D eigenvalue weighted by Gasteiger charge is 2.23. The normalized spacial score (nSPS) is 30.9. The highest BCUT2D eigenvalue weighted by molar-refractivity contribution is 7.98. The van der Waals surface area contributed by atoms with Crippen molar-refractivity contribution in [2.24, 2.45) is 11.8 Å². The molecule has 3 unspecified atom stereocenters. The summed E-state index contributed by atoms with van der Waals surface area (Å²) in [4.78, 5) is 0. The molecule has 1 heterocycles. The fourth-order valence-corrected chi connectivity index (χ4v) is 4.74. The fourth-order valence-electron chi connectivity index (χ4n) is 3.61. The molecule has 1 fully saturated rings. The molecule has 0 saturated heterocycles. The highest BCUT2D eigenvalue weighted by Crippen LogP contribution is 2.33. The molecule has 1 N–H and O–H groups in total. The van der Waals surface area contributed by atoms with Gasteiger partial charge in [-0.2, -0.15) is 11.8 Å². The van der Waals surface area contributed by atoms with Crippen LogP contribution in [0.25, 0.3) is 0 Å². The fraction of sp³-hybridized carbons (Fsp3) is 0.647. The monoisotopic (exact) mass is 275 g/mol. The van der Waals surface area contributed by atoms with Gasteiger partial charge in [0, 0.05) is 17.5 Å². The first-order valence-corrected chi connectivity index (χ1v) is 8.87. The Kier molecular flexibility index (Phi) is 4.49. The van der Waals surface area contributed by atoms with Crippen molar-refractivity contribution in [3.63, 3.8) is 0 Å². The summed E-state index contributed by atoms with van der Waals surface area (Å²) in [5.41, 5.74) is 3.08. The molecule has 1 aromatic carbocycles. The molecule has 1 aromatic rings. The van der Waals surface area contributed by atoms with Crippen molar-refractivity contribution in [3.05, 3.63) is 35.4 Å². The molecule has 0 bridgehead atoms. The molecule has 104 valence electrons. The van der Waals surface area contributed by atoms with Crippen LogP contribution in [0, 0.1) is 11.8 Å². The number of hydrogen-bond donors (Lipinski definition) is 1. The molecular weight excluding hydrogens is 250 g/mol. The summed E-state index contributed by atoms with van der Waals surface area (Å²) < 4.78 is 0. The summed E-state index contributed by atoms with van der Waals surface area (Å²) in [6.07, 6.45) is 5.73. The topological polar surface area (TPSA) is 12.0 Å². The Balaban J connectivity index is 1.59. The third kappa shape index (κ3) is 3.35. The Morgan fingerprint density at radius 2 is 2.16 bits per heavy atom. The largest absolute Gasteiger partial charge is 0.309 e. The van der Waals surface area contributed by atoms with Gasteiger partial charge < -0.3 is 5.32 Å². The number of nitrogens with one attached hydrogen (secondary N) is 1. The maximum absolute atomic E-state index is 3.85. The van der Waals surface area contributed by atoms with Crippen molar-refractivity contribution >= 4 is 11.8 Å². The molecule has 2 heteroatoms. The minimum Gasteiger partial charge on any atom is -0.309 e. The first-order valence-electron chi connectivity index (χ1n) is 7.72. The first kappa shape index (κ1) is 13.5. The SMILES string of the molecule is CC1CCCC(CNC2CSCc3ccccc32)C1. The van der Waals surface area contributed by atoms with Crippen LogP contribution < -0.4 is 5.32 Å². The third-order valence-electron chi connectivity index (χ3n) is 4.67. The van der Waals surface area contributed by atoms with Crippen LogP contribution in [0.2, 0.25) is 0 Å². The second-order valence-electron chi connectivity index (χ2n) is 6.31. The molecule has 0 spiro atoms. The maximum Gasteiger partial charge on any atom is 0.0415 e. The predicted octanol–water partition coefficient (Wildman–Crippen LogP) is 4.39. The van der Waals surface area contributed by atoms with E-state index in [0.717, 1.165) is 11.8 Å². The molecular formula is C17H25NS. The first-order chi connectivity index (χ1) is 9.33. The second-order valence-corrected chi connectivity index (χ2v) is 7.34. The summed E-state index contributed by atoms with van der Waals surface area (Å²) in [7, 11) is 0. The predicted molar refractivity (Wildman–Crippen MR) is 84.5 cm³/mol. The lowest BCUT2D eigenvalue weighted by molar-refractivity contribution is 0.269. The van der Waals surface area contributed by atoms with Crippen molar-refractivity contribution in [2.45, 2.75) is 44.4 Å². The molecule has 1 nitrogen and oxygen atoms in total. The van der Waals surface area contributed by atoms with Crippen LogP contribution in [0.15, 0.2) is 24.3 Å². The molecule has 0 amide bonds. The van der Waals surface area contributed by atoms with Crippen LogP contribution in [-0.4, -0.2) is 12.3 Å². The minimum atomic E-state index is 0.576. The average molecular weight is 275 g/mol. The molecule has 1 saturated carbocycles. The zero-order chi connectivity index (χ0) is 13.1. The van der Waals surface area contributed by atoms with E-state index in [2.05, 4.69) is 48.3 Å². The zero-order valence-electron chi connectivity index (χ0n) is 11.9.